The van der Waals surface area contributed by atoms with Gasteiger partial charge >= 0.3 is 0 Å². The Labute approximate surface area is 205 Å². The summed E-state index contributed by atoms with van der Waals surface area (Å²) in [5.74, 6) is 0.167. The van der Waals surface area contributed by atoms with E-state index in [1.807, 2.05) is 21.9 Å². The number of pyridine rings is 1. The van der Waals surface area contributed by atoms with E-state index in [-0.39, 0.29) is 23.6 Å². The molecule has 2 aromatic rings. The van der Waals surface area contributed by atoms with Crippen LogP contribution in [0.1, 0.15) is 40.0 Å². The predicted molar refractivity (Wildman–Crippen MR) is 134 cm³/mol. The second-order valence-corrected chi connectivity index (χ2v) is 9.41. The molecule has 1 aliphatic carbocycles. The topological polar surface area (TPSA) is 97.9 Å². The van der Waals surface area contributed by atoms with E-state index in [1.54, 1.807) is 24.4 Å². The molecular weight excluding hydrogens is 444 g/mol. The molecule has 2 N–H and O–H groups in total. The number of carbonyl (C=O) groups excluding carboxylic acids is 3. The largest absolute Gasteiger partial charge is 0.366 e. The van der Waals surface area contributed by atoms with Crippen LogP contribution in [0, 0.1) is 5.92 Å². The van der Waals surface area contributed by atoms with Gasteiger partial charge in [-0.1, -0.05) is 6.42 Å². The van der Waals surface area contributed by atoms with E-state index in [2.05, 4.69) is 20.5 Å². The van der Waals surface area contributed by atoms with Crippen molar-refractivity contribution in [1.82, 2.24) is 20.1 Å². The highest BCUT2D eigenvalue weighted by Gasteiger charge is 2.32. The van der Waals surface area contributed by atoms with E-state index in [1.165, 1.54) is 6.20 Å². The van der Waals surface area contributed by atoms with Crippen LogP contribution in [0.2, 0.25) is 0 Å². The second kappa shape index (κ2) is 10.4. The third kappa shape index (κ3) is 5.14. The Balaban J connectivity index is 1.36. The smallest absolute Gasteiger partial charge is 0.257 e. The molecule has 9 heteroatoms. The summed E-state index contributed by atoms with van der Waals surface area (Å²) in [7, 11) is 0. The van der Waals surface area contributed by atoms with E-state index in [9.17, 15) is 14.4 Å². The molecule has 1 saturated carbocycles. The SMILES string of the molecule is O=C(Nc1cc(C(=O)N2CCNCC2)ccc1N1CCN(C(=O)C2CCC2)CC1)c1cccnc1. The molecule has 35 heavy (non-hydrogen) atoms. The molecule has 0 atom stereocenters. The zero-order valence-electron chi connectivity index (χ0n) is 19.9. The number of carbonyl (C=O) groups is 3. The van der Waals surface area contributed by atoms with E-state index < -0.39 is 0 Å². The van der Waals surface area contributed by atoms with Crippen molar-refractivity contribution >= 4 is 29.1 Å². The van der Waals surface area contributed by atoms with Gasteiger partial charge in [-0.15, -0.1) is 0 Å². The average Bonchev–Trinajstić information content (AvgIpc) is 2.88. The number of hydrogen-bond acceptors (Lipinski definition) is 6. The number of rotatable bonds is 5. The summed E-state index contributed by atoms with van der Waals surface area (Å²) >= 11 is 0. The van der Waals surface area contributed by atoms with Gasteiger partial charge in [0, 0.05) is 76.2 Å². The van der Waals surface area contributed by atoms with Crippen LogP contribution in [0.5, 0.6) is 0 Å². The van der Waals surface area contributed by atoms with Crippen LogP contribution in [-0.4, -0.2) is 84.9 Å². The predicted octanol–water partition coefficient (Wildman–Crippen LogP) is 1.83. The van der Waals surface area contributed by atoms with Gasteiger partial charge in [-0.05, 0) is 43.2 Å². The van der Waals surface area contributed by atoms with Gasteiger partial charge in [0.2, 0.25) is 5.91 Å². The molecule has 1 aromatic carbocycles. The van der Waals surface area contributed by atoms with E-state index in [0.717, 1.165) is 38.0 Å². The van der Waals surface area contributed by atoms with Crippen LogP contribution < -0.4 is 15.5 Å². The monoisotopic (exact) mass is 476 g/mol. The highest BCUT2D eigenvalue weighted by Crippen LogP contribution is 2.31. The number of benzene rings is 1. The first-order chi connectivity index (χ1) is 17.1. The van der Waals surface area contributed by atoms with Crippen LogP contribution in [0.3, 0.4) is 0 Å². The molecule has 0 radical (unpaired) electrons. The number of aromatic nitrogens is 1. The highest BCUT2D eigenvalue weighted by molar-refractivity contribution is 6.07. The Morgan fingerprint density at radius 1 is 0.914 bits per heavy atom. The molecule has 3 aliphatic rings. The maximum absolute atomic E-state index is 13.1. The number of amides is 3. The summed E-state index contributed by atoms with van der Waals surface area (Å²) < 4.78 is 0. The third-order valence-electron chi connectivity index (χ3n) is 7.21. The second-order valence-electron chi connectivity index (χ2n) is 9.41. The first-order valence-corrected chi connectivity index (χ1v) is 12.5. The molecule has 0 bridgehead atoms. The highest BCUT2D eigenvalue weighted by atomic mass is 16.2. The van der Waals surface area contributed by atoms with Gasteiger partial charge in [-0.3, -0.25) is 19.4 Å². The molecule has 0 spiro atoms. The minimum Gasteiger partial charge on any atom is -0.366 e. The summed E-state index contributed by atoms with van der Waals surface area (Å²) in [5.41, 5.74) is 2.46. The Hall–Kier alpha value is -3.46. The Morgan fingerprint density at radius 2 is 1.69 bits per heavy atom. The van der Waals surface area contributed by atoms with Crippen molar-refractivity contribution in [3.8, 4) is 0 Å². The molecular formula is C26H32N6O3. The van der Waals surface area contributed by atoms with Crippen molar-refractivity contribution in [2.45, 2.75) is 19.3 Å². The maximum atomic E-state index is 13.1. The fourth-order valence-corrected chi connectivity index (χ4v) is 4.87. The molecule has 2 saturated heterocycles. The minimum absolute atomic E-state index is 0.0363. The summed E-state index contributed by atoms with van der Waals surface area (Å²) in [4.78, 5) is 48.8. The molecule has 2 aliphatic heterocycles. The van der Waals surface area contributed by atoms with E-state index in [4.69, 9.17) is 0 Å². The summed E-state index contributed by atoms with van der Waals surface area (Å²) in [6, 6.07) is 8.96. The van der Waals surface area contributed by atoms with Crippen molar-refractivity contribution in [1.29, 1.82) is 0 Å². The van der Waals surface area contributed by atoms with Gasteiger partial charge in [0.1, 0.15) is 0 Å². The molecule has 3 heterocycles. The molecule has 9 nitrogen and oxygen atoms in total. The van der Waals surface area contributed by atoms with Gasteiger partial charge in [0.05, 0.1) is 16.9 Å². The van der Waals surface area contributed by atoms with E-state index in [0.29, 0.717) is 56.1 Å². The average molecular weight is 477 g/mol. The van der Waals surface area contributed by atoms with Crippen LogP contribution >= 0.6 is 0 Å². The van der Waals surface area contributed by atoms with Crippen LogP contribution in [-0.2, 0) is 4.79 Å². The lowest BCUT2D eigenvalue weighted by Crippen LogP contribution is -2.51. The van der Waals surface area contributed by atoms with Crippen molar-refractivity contribution in [3.05, 3.63) is 53.9 Å². The molecule has 5 rings (SSSR count). The molecule has 184 valence electrons. The lowest BCUT2D eigenvalue weighted by molar-refractivity contribution is -0.138. The Bertz CT molecular complexity index is 1070. The fraction of sp³-hybridized carbons (Fsp3) is 0.462. The standard InChI is InChI=1S/C26H32N6O3/c33-24(21-5-2-8-28-18-21)29-22-17-20(26(35)31-11-9-27-10-12-31)6-7-23(22)30-13-15-32(16-14-30)25(34)19-3-1-4-19/h2,5-8,17-19,27H,1,3-4,9-16H2,(H,29,33). The zero-order chi connectivity index (χ0) is 24.2. The van der Waals surface area contributed by atoms with Crippen molar-refractivity contribution in [2.75, 3.05) is 62.6 Å². The van der Waals surface area contributed by atoms with E-state index >= 15 is 0 Å². The molecule has 1 aromatic heterocycles. The van der Waals surface area contributed by atoms with Gasteiger partial charge < -0.3 is 25.3 Å². The zero-order valence-corrected chi connectivity index (χ0v) is 19.9. The third-order valence-corrected chi connectivity index (χ3v) is 7.21. The quantitative estimate of drug-likeness (QED) is 0.683. The summed E-state index contributed by atoms with van der Waals surface area (Å²) in [6.07, 6.45) is 6.31. The number of anilines is 2. The van der Waals surface area contributed by atoms with Gasteiger partial charge in [-0.2, -0.15) is 0 Å². The van der Waals surface area contributed by atoms with Crippen molar-refractivity contribution in [3.63, 3.8) is 0 Å². The van der Waals surface area contributed by atoms with Crippen LogP contribution in [0.4, 0.5) is 11.4 Å². The lowest BCUT2D eigenvalue weighted by atomic mass is 9.84. The number of nitrogens with zero attached hydrogens (tertiary/aromatic N) is 4. The minimum atomic E-state index is -0.273. The maximum Gasteiger partial charge on any atom is 0.257 e. The van der Waals surface area contributed by atoms with Crippen LogP contribution in [0.25, 0.3) is 0 Å². The molecule has 3 fully saturated rings. The first kappa shape index (κ1) is 23.3. The van der Waals surface area contributed by atoms with Crippen LogP contribution in [0.15, 0.2) is 42.7 Å². The normalized spacial score (nSPS) is 18.7. The van der Waals surface area contributed by atoms with Crippen molar-refractivity contribution < 1.29 is 14.4 Å². The molecule has 3 amide bonds. The lowest BCUT2D eigenvalue weighted by Gasteiger charge is -2.39. The molecule has 0 unspecified atom stereocenters. The summed E-state index contributed by atoms with van der Waals surface area (Å²) in [6.45, 7) is 5.55. The number of piperazine rings is 2. The van der Waals surface area contributed by atoms with Gasteiger partial charge in [0.15, 0.2) is 0 Å². The van der Waals surface area contributed by atoms with Crippen molar-refractivity contribution in [2.24, 2.45) is 5.92 Å². The summed E-state index contributed by atoms with van der Waals surface area (Å²) in [5, 5.41) is 6.27. The Morgan fingerprint density at radius 3 is 2.34 bits per heavy atom. The first-order valence-electron chi connectivity index (χ1n) is 12.5. The number of hydrogen-bond donors (Lipinski definition) is 2. The fourth-order valence-electron chi connectivity index (χ4n) is 4.87. The Kier molecular flexibility index (Phi) is 6.94. The number of nitrogens with one attached hydrogen (secondary N) is 2. The van der Waals surface area contributed by atoms with Gasteiger partial charge in [-0.25, -0.2) is 0 Å². The van der Waals surface area contributed by atoms with Gasteiger partial charge in [0.25, 0.3) is 11.8 Å².